The fraction of sp³-hybridized carbons (Fsp3) is 0.400. The van der Waals surface area contributed by atoms with Gasteiger partial charge in [-0.25, -0.2) is 9.97 Å². The standard InChI is InChI=1S/C10H11ClN2S/c1-3-6-5-7-9(14-6)10(11)13-8(4-2)12-7/h5H,3-4H2,1-2H3. The second-order valence-corrected chi connectivity index (χ2v) is 4.56. The Balaban J connectivity index is 2.67. The highest BCUT2D eigenvalue weighted by Gasteiger charge is 2.08. The fourth-order valence-electron chi connectivity index (χ4n) is 1.32. The van der Waals surface area contributed by atoms with Crippen LogP contribution in [0, 0.1) is 0 Å². The lowest BCUT2D eigenvalue weighted by molar-refractivity contribution is 0.963. The summed E-state index contributed by atoms with van der Waals surface area (Å²) in [5, 5.41) is 0.594. The first-order valence-electron chi connectivity index (χ1n) is 4.69. The van der Waals surface area contributed by atoms with Crippen LogP contribution >= 0.6 is 22.9 Å². The lowest BCUT2D eigenvalue weighted by Gasteiger charge is -1.96. The van der Waals surface area contributed by atoms with Crippen molar-refractivity contribution >= 4 is 33.2 Å². The van der Waals surface area contributed by atoms with Crippen LogP contribution in [0.2, 0.25) is 5.15 Å². The Bertz CT molecular complexity index is 464. The molecule has 0 N–H and O–H groups in total. The summed E-state index contributed by atoms with van der Waals surface area (Å²) in [5.41, 5.74) is 0.990. The predicted octanol–water partition coefficient (Wildman–Crippen LogP) is 3.47. The highest BCUT2D eigenvalue weighted by molar-refractivity contribution is 7.19. The summed E-state index contributed by atoms with van der Waals surface area (Å²) >= 11 is 7.76. The van der Waals surface area contributed by atoms with E-state index in [1.807, 2.05) is 6.92 Å². The molecule has 4 heteroatoms. The van der Waals surface area contributed by atoms with Gasteiger partial charge in [0.25, 0.3) is 0 Å². The highest BCUT2D eigenvalue weighted by atomic mass is 35.5. The molecule has 14 heavy (non-hydrogen) atoms. The van der Waals surface area contributed by atoms with E-state index in [0.29, 0.717) is 5.15 Å². The maximum Gasteiger partial charge on any atom is 0.150 e. The van der Waals surface area contributed by atoms with Gasteiger partial charge in [-0.15, -0.1) is 11.3 Å². The van der Waals surface area contributed by atoms with Crippen LogP contribution in [-0.4, -0.2) is 9.97 Å². The molecule has 0 aromatic carbocycles. The molecule has 0 aliphatic heterocycles. The Morgan fingerprint density at radius 2 is 2.07 bits per heavy atom. The molecule has 0 atom stereocenters. The molecule has 2 aromatic rings. The van der Waals surface area contributed by atoms with Crippen LogP contribution < -0.4 is 0 Å². The van der Waals surface area contributed by atoms with Crippen molar-refractivity contribution in [1.29, 1.82) is 0 Å². The first-order valence-corrected chi connectivity index (χ1v) is 5.88. The van der Waals surface area contributed by atoms with Crippen LogP contribution in [0.25, 0.3) is 10.2 Å². The van der Waals surface area contributed by atoms with Gasteiger partial charge in [0.15, 0.2) is 5.15 Å². The van der Waals surface area contributed by atoms with Gasteiger partial charge < -0.3 is 0 Å². The predicted molar refractivity (Wildman–Crippen MR) is 61.2 cm³/mol. The Morgan fingerprint density at radius 3 is 2.71 bits per heavy atom. The summed E-state index contributed by atoms with van der Waals surface area (Å²) in [6.45, 7) is 4.16. The van der Waals surface area contributed by atoms with E-state index in [2.05, 4.69) is 23.0 Å². The molecule has 0 radical (unpaired) electrons. The number of fused-ring (bicyclic) bond motifs is 1. The van der Waals surface area contributed by atoms with Crippen molar-refractivity contribution in [2.24, 2.45) is 0 Å². The molecule has 0 saturated carbocycles. The van der Waals surface area contributed by atoms with Crippen LogP contribution in [0.5, 0.6) is 0 Å². The number of halogens is 1. The van der Waals surface area contributed by atoms with Gasteiger partial charge in [0.1, 0.15) is 5.82 Å². The van der Waals surface area contributed by atoms with Crippen molar-refractivity contribution in [2.45, 2.75) is 26.7 Å². The van der Waals surface area contributed by atoms with E-state index in [9.17, 15) is 0 Å². The van der Waals surface area contributed by atoms with Gasteiger partial charge in [-0.3, -0.25) is 0 Å². The Labute approximate surface area is 92.0 Å². The molecule has 2 heterocycles. The van der Waals surface area contributed by atoms with Crippen molar-refractivity contribution < 1.29 is 0 Å². The van der Waals surface area contributed by atoms with Crippen molar-refractivity contribution in [2.75, 3.05) is 0 Å². The topological polar surface area (TPSA) is 25.8 Å². The third-order valence-corrected chi connectivity index (χ3v) is 3.75. The quantitative estimate of drug-likeness (QED) is 0.733. The molecule has 0 aliphatic carbocycles. The molecule has 0 amide bonds. The van der Waals surface area contributed by atoms with Crippen molar-refractivity contribution in [3.05, 3.63) is 21.9 Å². The number of hydrogen-bond donors (Lipinski definition) is 0. The molecule has 74 valence electrons. The summed E-state index contributed by atoms with van der Waals surface area (Å²) < 4.78 is 1.01. The molecule has 0 aliphatic rings. The van der Waals surface area contributed by atoms with Gasteiger partial charge in [-0.1, -0.05) is 25.4 Å². The van der Waals surface area contributed by atoms with Crippen LogP contribution in [0.15, 0.2) is 6.07 Å². The monoisotopic (exact) mass is 226 g/mol. The SMILES string of the molecule is CCc1nc(Cl)c2sc(CC)cc2n1. The number of aryl methyl sites for hydroxylation is 2. The molecule has 0 saturated heterocycles. The molecule has 0 spiro atoms. The van der Waals surface area contributed by atoms with E-state index in [4.69, 9.17) is 11.6 Å². The Morgan fingerprint density at radius 1 is 1.29 bits per heavy atom. The van der Waals surface area contributed by atoms with Crippen LogP contribution in [0.1, 0.15) is 24.5 Å². The van der Waals surface area contributed by atoms with E-state index in [0.717, 1.165) is 28.9 Å². The zero-order chi connectivity index (χ0) is 10.1. The van der Waals surface area contributed by atoms with Gasteiger partial charge in [-0.2, -0.15) is 0 Å². The van der Waals surface area contributed by atoms with E-state index < -0.39 is 0 Å². The lowest BCUT2D eigenvalue weighted by Crippen LogP contribution is -1.91. The highest BCUT2D eigenvalue weighted by Crippen LogP contribution is 2.29. The largest absolute Gasteiger partial charge is 0.232 e. The molecule has 2 rings (SSSR count). The van der Waals surface area contributed by atoms with E-state index in [1.165, 1.54) is 4.88 Å². The average Bonchev–Trinajstić information content (AvgIpc) is 2.61. The summed E-state index contributed by atoms with van der Waals surface area (Å²) in [5.74, 6) is 0.822. The zero-order valence-corrected chi connectivity index (χ0v) is 9.74. The minimum absolute atomic E-state index is 0.594. The maximum absolute atomic E-state index is 6.07. The van der Waals surface area contributed by atoms with Gasteiger partial charge in [0.2, 0.25) is 0 Å². The zero-order valence-electron chi connectivity index (χ0n) is 8.17. The minimum atomic E-state index is 0.594. The van der Waals surface area contributed by atoms with Crippen molar-refractivity contribution in [1.82, 2.24) is 9.97 Å². The molecule has 0 fully saturated rings. The number of aromatic nitrogens is 2. The summed E-state index contributed by atoms with van der Waals surface area (Å²) in [6, 6.07) is 2.10. The van der Waals surface area contributed by atoms with Crippen LogP contribution in [0.4, 0.5) is 0 Å². The average molecular weight is 227 g/mol. The molecule has 2 nitrogen and oxygen atoms in total. The summed E-state index contributed by atoms with van der Waals surface area (Å²) in [6.07, 6.45) is 1.85. The minimum Gasteiger partial charge on any atom is -0.232 e. The van der Waals surface area contributed by atoms with Gasteiger partial charge in [0.05, 0.1) is 10.2 Å². The first kappa shape index (κ1) is 9.87. The van der Waals surface area contributed by atoms with Crippen molar-refractivity contribution in [3.8, 4) is 0 Å². The fourth-order valence-corrected chi connectivity index (χ4v) is 2.55. The van der Waals surface area contributed by atoms with E-state index in [1.54, 1.807) is 11.3 Å². The van der Waals surface area contributed by atoms with Gasteiger partial charge >= 0.3 is 0 Å². The summed E-state index contributed by atoms with van der Waals surface area (Å²) in [7, 11) is 0. The molecule has 0 bridgehead atoms. The van der Waals surface area contributed by atoms with E-state index >= 15 is 0 Å². The smallest absolute Gasteiger partial charge is 0.150 e. The Hall–Kier alpha value is -0.670. The third kappa shape index (κ3) is 1.62. The first-order chi connectivity index (χ1) is 6.74. The summed E-state index contributed by atoms with van der Waals surface area (Å²) in [4.78, 5) is 9.98. The van der Waals surface area contributed by atoms with Gasteiger partial charge in [0, 0.05) is 11.3 Å². The number of hydrogen-bond acceptors (Lipinski definition) is 3. The maximum atomic E-state index is 6.07. The second-order valence-electron chi connectivity index (χ2n) is 3.06. The van der Waals surface area contributed by atoms with Crippen LogP contribution in [-0.2, 0) is 12.8 Å². The molecule has 2 aromatic heterocycles. The van der Waals surface area contributed by atoms with E-state index in [-0.39, 0.29) is 0 Å². The lowest BCUT2D eigenvalue weighted by atomic mass is 10.3. The third-order valence-electron chi connectivity index (χ3n) is 2.09. The second kappa shape index (κ2) is 3.83. The molecule has 0 unspecified atom stereocenters. The normalized spacial score (nSPS) is 11.1. The molecular formula is C10H11ClN2S. The number of thiophene rings is 1. The Kier molecular flexibility index (Phi) is 2.70. The van der Waals surface area contributed by atoms with Crippen LogP contribution in [0.3, 0.4) is 0 Å². The number of nitrogens with zero attached hydrogens (tertiary/aromatic N) is 2. The van der Waals surface area contributed by atoms with Gasteiger partial charge in [-0.05, 0) is 12.5 Å². The molecular weight excluding hydrogens is 216 g/mol. The van der Waals surface area contributed by atoms with Crippen molar-refractivity contribution in [3.63, 3.8) is 0 Å². The number of rotatable bonds is 2.